The Morgan fingerprint density at radius 1 is 0.750 bits per heavy atom. The molecular weight excluding hydrogens is 448 g/mol. The zero-order valence-corrected chi connectivity index (χ0v) is 19.6. The zero-order chi connectivity index (χ0) is 23.9. The summed E-state index contributed by atoms with van der Waals surface area (Å²) in [6.07, 6.45) is 13.7. The van der Waals surface area contributed by atoms with Crippen molar-refractivity contribution >= 4 is 21.8 Å². The second-order valence-corrected chi connectivity index (χ2v) is 9.29. The topological polar surface area (TPSA) is 99.3 Å². The number of H-pyrrole nitrogens is 2. The molecule has 8 heteroatoms. The predicted octanol–water partition coefficient (Wildman–Crippen LogP) is 5.22. The van der Waals surface area contributed by atoms with Crippen LogP contribution in [0.4, 0.5) is 0 Å². The monoisotopic (exact) mass is 472 g/mol. The fourth-order valence-corrected chi connectivity index (χ4v) is 5.11. The van der Waals surface area contributed by atoms with Crippen LogP contribution in [0, 0.1) is 0 Å². The van der Waals surface area contributed by atoms with Crippen molar-refractivity contribution in [2.45, 2.75) is 19.4 Å². The van der Waals surface area contributed by atoms with Crippen LogP contribution in [-0.4, -0.2) is 53.1 Å². The van der Waals surface area contributed by atoms with Gasteiger partial charge in [-0.2, -0.15) is 5.10 Å². The van der Waals surface area contributed by atoms with Gasteiger partial charge in [-0.25, -0.2) is 0 Å². The van der Waals surface area contributed by atoms with Crippen LogP contribution in [0.15, 0.2) is 73.6 Å². The SMILES string of the molecule is c1cc(-c2nccc3[nH]c(-c4n[nH]c5cnc(-c6cncc(CN7CCCC7)c6)cc45)cc23)ccn1. The molecule has 0 aliphatic carbocycles. The lowest BCUT2D eigenvalue weighted by Gasteiger charge is -2.14. The van der Waals surface area contributed by atoms with Crippen LogP contribution in [0.25, 0.3) is 55.7 Å². The standard InChI is InChI=1S/C28H24N8/c1-2-10-36(9-1)17-18-11-20(15-30-14-18)24-12-22-26(16-32-24)34-35-28(22)25-13-21-23(33-25)5-8-31-27(21)19-3-6-29-7-4-19/h3-8,11-16,33H,1-2,9-10,17H2,(H,34,35). The van der Waals surface area contributed by atoms with Crippen molar-refractivity contribution in [2.75, 3.05) is 13.1 Å². The number of nitrogens with one attached hydrogen (secondary N) is 2. The summed E-state index contributed by atoms with van der Waals surface area (Å²) in [5.41, 5.74) is 8.75. The van der Waals surface area contributed by atoms with Crippen LogP contribution in [0.1, 0.15) is 18.4 Å². The Morgan fingerprint density at radius 2 is 1.61 bits per heavy atom. The molecule has 1 fully saturated rings. The summed E-state index contributed by atoms with van der Waals surface area (Å²) in [5.74, 6) is 0. The van der Waals surface area contributed by atoms with E-state index in [1.807, 2.05) is 43.0 Å². The molecule has 1 aliphatic heterocycles. The molecule has 0 unspecified atom stereocenters. The second-order valence-electron chi connectivity index (χ2n) is 9.29. The Hall–Kier alpha value is -4.43. The number of nitrogens with zero attached hydrogens (tertiary/aromatic N) is 6. The Bertz CT molecular complexity index is 1680. The molecular formula is C28H24N8. The van der Waals surface area contributed by atoms with Crippen molar-refractivity contribution in [3.63, 3.8) is 0 Å². The number of likely N-dealkylation sites (tertiary alicyclic amines) is 1. The number of pyridine rings is 4. The summed E-state index contributed by atoms with van der Waals surface area (Å²) >= 11 is 0. The van der Waals surface area contributed by atoms with Crippen LogP contribution in [0.2, 0.25) is 0 Å². The van der Waals surface area contributed by atoms with E-state index in [2.05, 4.69) is 53.2 Å². The van der Waals surface area contributed by atoms with E-state index < -0.39 is 0 Å². The molecule has 176 valence electrons. The predicted molar refractivity (Wildman–Crippen MR) is 140 cm³/mol. The maximum Gasteiger partial charge on any atom is 0.116 e. The van der Waals surface area contributed by atoms with Crippen molar-refractivity contribution in [1.82, 2.24) is 40.0 Å². The Kier molecular flexibility index (Phi) is 5.03. The molecule has 0 aromatic carbocycles. The molecule has 0 saturated carbocycles. The average molecular weight is 473 g/mol. The molecule has 6 aromatic heterocycles. The molecule has 2 N–H and O–H groups in total. The van der Waals surface area contributed by atoms with Gasteiger partial charge in [-0.3, -0.25) is 29.9 Å². The lowest BCUT2D eigenvalue weighted by Crippen LogP contribution is -2.18. The van der Waals surface area contributed by atoms with Gasteiger partial charge >= 0.3 is 0 Å². The van der Waals surface area contributed by atoms with Gasteiger partial charge in [0.1, 0.15) is 5.69 Å². The fourth-order valence-electron chi connectivity index (χ4n) is 5.11. The quantitative estimate of drug-likeness (QED) is 0.357. The van der Waals surface area contributed by atoms with Crippen LogP contribution in [0.3, 0.4) is 0 Å². The summed E-state index contributed by atoms with van der Waals surface area (Å²) in [6, 6.07) is 12.4. The third-order valence-electron chi connectivity index (χ3n) is 6.90. The third-order valence-corrected chi connectivity index (χ3v) is 6.90. The smallest absolute Gasteiger partial charge is 0.116 e. The molecule has 0 bridgehead atoms. The van der Waals surface area contributed by atoms with Crippen molar-refractivity contribution < 1.29 is 0 Å². The Morgan fingerprint density at radius 3 is 2.50 bits per heavy atom. The summed E-state index contributed by atoms with van der Waals surface area (Å²) < 4.78 is 0. The maximum absolute atomic E-state index is 4.70. The van der Waals surface area contributed by atoms with Gasteiger partial charge in [-0.15, -0.1) is 0 Å². The minimum Gasteiger partial charge on any atom is -0.353 e. The molecule has 8 nitrogen and oxygen atoms in total. The van der Waals surface area contributed by atoms with Crippen molar-refractivity contribution in [3.05, 3.63) is 79.1 Å². The maximum atomic E-state index is 4.70. The van der Waals surface area contributed by atoms with E-state index in [1.165, 1.54) is 18.4 Å². The molecule has 0 radical (unpaired) electrons. The number of hydrogen-bond donors (Lipinski definition) is 2. The average Bonchev–Trinajstić information content (AvgIpc) is 3.68. The van der Waals surface area contributed by atoms with E-state index >= 15 is 0 Å². The fraction of sp³-hybridized carbons (Fsp3) is 0.179. The Balaban J connectivity index is 1.28. The highest BCUT2D eigenvalue weighted by atomic mass is 15.1. The van der Waals surface area contributed by atoms with Crippen LogP contribution in [-0.2, 0) is 6.54 Å². The normalized spacial score (nSPS) is 14.2. The second kappa shape index (κ2) is 8.66. The molecule has 6 aromatic rings. The number of aromatic nitrogens is 7. The minimum absolute atomic E-state index is 0.853. The van der Waals surface area contributed by atoms with Gasteiger partial charge in [0.2, 0.25) is 0 Å². The van der Waals surface area contributed by atoms with Gasteiger partial charge < -0.3 is 4.98 Å². The molecule has 0 atom stereocenters. The number of fused-ring (bicyclic) bond motifs is 2. The van der Waals surface area contributed by atoms with Crippen LogP contribution >= 0.6 is 0 Å². The van der Waals surface area contributed by atoms with Gasteiger partial charge in [-0.1, -0.05) is 0 Å². The minimum atomic E-state index is 0.853. The molecule has 0 spiro atoms. The van der Waals surface area contributed by atoms with E-state index in [1.54, 1.807) is 12.4 Å². The third kappa shape index (κ3) is 3.72. The molecule has 1 aliphatic rings. The first-order valence-corrected chi connectivity index (χ1v) is 12.2. The largest absolute Gasteiger partial charge is 0.353 e. The highest BCUT2D eigenvalue weighted by Gasteiger charge is 2.16. The first kappa shape index (κ1) is 20.9. The van der Waals surface area contributed by atoms with Crippen LogP contribution < -0.4 is 0 Å². The van der Waals surface area contributed by atoms with Gasteiger partial charge in [0.15, 0.2) is 0 Å². The molecule has 7 heterocycles. The number of rotatable bonds is 5. The first-order chi connectivity index (χ1) is 17.8. The van der Waals surface area contributed by atoms with E-state index in [9.17, 15) is 0 Å². The van der Waals surface area contributed by atoms with Crippen molar-refractivity contribution in [1.29, 1.82) is 0 Å². The van der Waals surface area contributed by atoms with Crippen LogP contribution in [0.5, 0.6) is 0 Å². The first-order valence-electron chi connectivity index (χ1n) is 12.2. The lowest BCUT2D eigenvalue weighted by atomic mass is 10.1. The van der Waals surface area contributed by atoms with E-state index in [-0.39, 0.29) is 0 Å². The zero-order valence-electron chi connectivity index (χ0n) is 19.6. The van der Waals surface area contributed by atoms with Gasteiger partial charge in [0.05, 0.1) is 28.8 Å². The number of aromatic amines is 2. The highest BCUT2D eigenvalue weighted by Crippen LogP contribution is 2.33. The number of hydrogen-bond acceptors (Lipinski definition) is 6. The van der Waals surface area contributed by atoms with Crippen molar-refractivity contribution in [2.24, 2.45) is 0 Å². The summed E-state index contributed by atoms with van der Waals surface area (Å²) in [6.45, 7) is 3.26. The molecule has 7 rings (SSSR count). The van der Waals surface area contributed by atoms with E-state index in [4.69, 9.17) is 4.98 Å². The van der Waals surface area contributed by atoms with Gasteiger partial charge in [0.25, 0.3) is 0 Å². The molecule has 36 heavy (non-hydrogen) atoms. The molecule has 0 amide bonds. The summed E-state index contributed by atoms with van der Waals surface area (Å²) in [7, 11) is 0. The van der Waals surface area contributed by atoms with E-state index in [0.29, 0.717) is 0 Å². The van der Waals surface area contributed by atoms with Crippen molar-refractivity contribution in [3.8, 4) is 33.9 Å². The van der Waals surface area contributed by atoms with E-state index in [0.717, 1.165) is 75.3 Å². The highest BCUT2D eigenvalue weighted by molar-refractivity contribution is 6.00. The summed E-state index contributed by atoms with van der Waals surface area (Å²) in [4.78, 5) is 24.0. The van der Waals surface area contributed by atoms with Gasteiger partial charge in [-0.05, 0) is 67.9 Å². The summed E-state index contributed by atoms with van der Waals surface area (Å²) in [5, 5.41) is 9.83. The Labute approximate surface area is 207 Å². The molecule has 1 saturated heterocycles. The van der Waals surface area contributed by atoms with Gasteiger partial charge in [0, 0.05) is 64.9 Å². The lowest BCUT2D eigenvalue weighted by molar-refractivity contribution is 0.331.